The lowest BCUT2D eigenvalue weighted by molar-refractivity contribution is -0.148. The van der Waals surface area contributed by atoms with Crippen molar-refractivity contribution in [2.24, 2.45) is 5.92 Å². The van der Waals surface area contributed by atoms with Crippen molar-refractivity contribution in [3.63, 3.8) is 0 Å². The molecule has 1 aromatic rings. The van der Waals surface area contributed by atoms with Crippen LogP contribution >= 0.6 is 0 Å². The number of sulfone groups is 1. The normalized spacial score (nSPS) is 18.1. The summed E-state index contributed by atoms with van der Waals surface area (Å²) in [5.41, 5.74) is 0.704. The third-order valence-electron chi connectivity index (χ3n) is 4.52. The maximum Gasteiger partial charge on any atom is 0.401 e. The van der Waals surface area contributed by atoms with Gasteiger partial charge in [-0.15, -0.1) is 0 Å². The Bertz CT molecular complexity index is 689. The molecule has 0 unspecified atom stereocenters. The average Bonchev–Trinajstić information content (AvgIpc) is 2.52. The van der Waals surface area contributed by atoms with E-state index in [-0.39, 0.29) is 10.9 Å². The van der Waals surface area contributed by atoms with Gasteiger partial charge < -0.3 is 5.32 Å². The lowest BCUT2D eigenvalue weighted by Gasteiger charge is -2.32. The van der Waals surface area contributed by atoms with Crippen LogP contribution in [0.2, 0.25) is 0 Å². The number of rotatable bonds is 5. The molecule has 1 aromatic heterocycles. The smallest absolute Gasteiger partial charge is 0.384 e. The molecule has 9 heteroatoms. The fourth-order valence-corrected chi connectivity index (χ4v) is 3.89. The number of halogens is 3. The van der Waals surface area contributed by atoms with Crippen LogP contribution in [0.5, 0.6) is 0 Å². The van der Waals surface area contributed by atoms with Crippen molar-refractivity contribution in [2.45, 2.75) is 49.6 Å². The summed E-state index contributed by atoms with van der Waals surface area (Å²) in [6.45, 7) is 5.54. The highest BCUT2D eigenvalue weighted by molar-refractivity contribution is 7.92. The Morgan fingerprint density at radius 1 is 1.19 bits per heavy atom. The Kier molecular flexibility index (Phi) is 6.22. The first kappa shape index (κ1) is 21.0. The van der Waals surface area contributed by atoms with Crippen LogP contribution < -0.4 is 5.32 Å². The molecule has 0 bridgehead atoms. The van der Waals surface area contributed by atoms with Gasteiger partial charge >= 0.3 is 6.18 Å². The van der Waals surface area contributed by atoms with E-state index in [9.17, 15) is 21.6 Å². The minimum absolute atomic E-state index is 0.0380. The van der Waals surface area contributed by atoms with E-state index in [0.29, 0.717) is 38.2 Å². The van der Waals surface area contributed by atoms with Crippen molar-refractivity contribution < 1.29 is 21.6 Å². The number of nitrogens with one attached hydrogen (secondary N) is 1. The molecule has 2 heterocycles. The van der Waals surface area contributed by atoms with Crippen molar-refractivity contribution in [2.75, 3.05) is 31.5 Å². The van der Waals surface area contributed by atoms with E-state index in [2.05, 4.69) is 10.3 Å². The molecule has 1 aliphatic heterocycles. The van der Waals surface area contributed by atoms with Crippen molar-refractivity contribution >= 4 is 15.5 Å². The molecule has 1 aliphatic rings. The Hall–Kier alpha value is -1.35. The van der Waals surface area contributed by atoms with Gasteiger partial charge in [0.25, 0.3) is 0 Å². The number of alkyl halides is 3. The molecular weight excluding hydrogens is 367 g/mol. The van der Waals surface area contributed by atoms with E-state index in [1.54, 1.807) is 26.8 Å². The van der Waals surface area contributed by atoms with Gasteiger partial charge in [0.15, 0.2) is 14.9 Å². The van der Waals surface area contributed by atoms with Crippen LogP contribution in [0.15, 0.2) is 23.4 Å². The Morgan fingerprint density at radius 2 is 1.81 bits per heavy atom. The summed E-state index contributed by atoms with van der Waals surface area (Å²) < 4.78 is 60.9. The summed E-state index contributed by atoms with van der Waals surface area (Å²) in [4.78, 5) is 5.48. The zero-order chi connectivity index (χ0) is 19.6. The summed E-state index contributed by atoms with van der Waals surface area (Å²) in [7, 11) is -3.49. The van der Waals surface area contributed by atoms with Gasteiger partial charge in [-0.3, -0.25) is 4.90 Å². The number of nitrogens with zero attached hydrogens (tertiary/aromatic N) is 2. The summed E-state index contributed by atoms with van der Waals surface area (Å²) in [6.07, 6.45) is -1.26. The Balaban J connectivity index is 1.84. The van der Waals surface area contributed by atoms with Crippen molar-refractivity contribution in [3.05, 3.63) is 18.3 Å². The molecule has 0 aromatic carbocycles. The van der Waals surface area contributed by atoms with Gasteiger partial charge in [0.1, 0.15) is 0 Å². The topological polar surface area (TPSA) is 62.3 Å². The molecule has 0 spiro atoms. The molecule has 1 N–H and O–H groups in total. The SMILES string of the molecule is CC(C)(C)S(=O)(=O)c1ccc(NCC2CCN(CC(F)(F)F)CC2)cn1. The number of hydrogen-bond acceptors (Lipinski definition) is 5. The molecule has 5 nitrogen and oxygen atoms in total. The van der Waals surface area contributed by atoms with Crippen molar-refractivity contribution in [3.8, 4) is 0 Å². The van der Waals surface area contributed by atoms with Gasteiger partial charge in [-0.1, -0.05) is 0 Å². The number of hydrogen-bond donors (Lipinski definition) is 1. The highest BCUT2D eigenvalue weighted by Crippen LogP contribution is 2.25. The highest BCUT2D eigenvalue weighted by atomic mass is 32.2. The van der Waals surface area contributed by atoms with Crippen LogP contribution in [0.4, 0.5) is 18.9 Å². The maximum atomic E-state index is 12.4. The lowest BCUT2D eigenvalue weighted by Crippen LogP contribution is -2.41. The first-order valence-electron chi connectivity index (χ1n) is 8.62. The number of likely N-dealkylation sites (tertiary alicyclic amines) is 1. The Morgan fingerprint density at radius 3 is 2.27 bits per heavy atom. The lowest BCUT2D eigenvalue weighted by atomic mass is 9.97. The van der Waals surface area contributed by atoms with Crippen LogP contribution in [0.3, 0.4) is 0 Å². The van der Waals surface area contributed by atoms with E-state index < -0.39 is 27.3 Å². The van der Waals surface area contributed by atoms with Crippen LogP contribution in [0, 0.1) is 5.92 Å². The summed E-state index contributed by atoms with van der Waals surface area (Å²) >= 11 is 0. The number of piperidine rings is 1. The predicted molar refractivity (Wildman–Crippen MR) is 94.9 cm³/mol. The number of anilines is 1. The predicted octanol–water partition coefficient (Wildman–Crippen LogP) is 3.34. The minimum Gasteiger partial charge on any atom is -0.384 e. The molecule has 2 rings (SSSR count). The van der Waals surface area contributed by atoms with Gasteiger partial charge in [0.2, 0.25) is 0 Å². The van der Waals surface area contributed by atoms with Crippen LogP contribution in [0.1, 0.15) is 33.6 Å². The molecule has 26 heavy (non-hydrogen) atoms. The Labute approximate surface area is 152 Å². The second kappa shape index (κ2) is 7.72. The first-order chi connectivity index (χ1) is 11.9. The molecule has 0 saturated carbocycles. The van der Waals surface area contributed by atoms with Gasteiger partial charge in [-0.2, -0.15) is 13.2 Å². The van der Waals surface area contributed by atoms with E-state index in [1.807, 2.05) is 0 Å². The molecule has 0 atom stereocenters. The van der Waals surface area contributed by atoms with Gasteiger partial charge in [-0.05, 0) is 64.8 Å². The van der Waals surface area contributed by atoms with Gasteiger partial charge in [0.05, 0.1) is 23.2 Å². The summed E-state index contributed by atoms with van der Waals surface area (Å²) in [5, 5.41) is 3.23. The molecular formula is C17H26F3N3O2S. The van der Waals surface area contributed by atoms with Crippen LogP contribution in [-0.4, -0.2) is 55.4 Å². The van der Waals surface area contributed by atoms with Gasteiger partial charge in [-0.25, -0.2) is 13.4 Å². The maximum absolute atomic E-state index is 12.4. The van der Waals surface area contributed by atoms with E-state index in [1.165, 1.54) is 17.2 Å². The largest absolute Gasteiger partial charge is 0.401 e. The van der Waals surface area contributed by atoms with Crippen LogP contribution in [0.25, 0.3) is 0 Å². The third kappa shape index (κ3) is 5.57. The zero-order valence-corrected chi connectivity index (χ0v) is 16.1. The second-order valence-corrected chi connectivity index (χ2v) is 10.4. The molecule has 1 saturated heterocycles. The zero-order valence-electron chi connectivity index (χ0n) is 15.3. The monoisotopic (exact) mass is 393 g/mol. The highest BCUT2D eigenvalue weighted by Gasteiger charge is 2.33. The molecule has 0 aliphatic carbocycles. The molecule has 1 fully saturated rings. The minimum atomic E-state index is -4.15. The standard InChI is InChI=1S/C17H26F3N3O2S/c1-16(2,3)26(24,25)15-5-4-14(11-22-15)21-10-13-6-8-23(9-7-13)12-17(18,19)20/h4-5,11,13,21H,6-10,12H2,1-3H3. The van der Waals surface area contributed by atoms with E-state index in [0.717, 1.165) is 0 Å². The number of pyridine rings is 1. The van der Waals surface area contributed by atoms with E-state index >= 15 is 0 Å². The van der Waals surface area contributed by atoms with Crippen LogP contribution in [-0.2, 0) is 9.84 Å². The number of aromatic nitrogens is 1. The van der Waals surface area contributed by atoms with Gasteiger partial charge in [0, 0.05) is 6.54 Å². The third-order valence-corrected chi connectivity index (χ3v) is 6.93. The van der Waals surface area contributed by atoms with E-state index in [4.69, 9.17) is 0 Å². The van der Waals surface area contributed by atoms with Crippen molar-refractivity contribution in [1.82, 2.24) is 9.88 Å². The fraction of sp³-hybridized carbons (Fsp3) is 0.706. The summed E-state index contributed by atoms with van der Waals surface area (Å²) in [5.74, 6) is 0.289. The second-order valence-electron chi connectivity index (χ2n) is 7.72. The van der Waals surface area contributed by atoms with Crippen molar-refractivity contribution in [1.29, 1.82) is 0 Å². The first-order valence-corrected chi connectivity index (χ1v) is 10.1. The molecule has 0 amide bonds. The quantitative estimate of drug-likeness (QED) is 0.831. The average molecular weight is 393 g/mol. The fourth-order valence-electron chi connectivity index (χ4n) is 2.82. The molecule has 148 valence electrons. The summed E-state index contributed by atoms with van der Waals surface area (Å²) in [6, 6.07) is 3.15. The molecule has 0 radical (unpaired) electrons.